The third-order valence-corrected chi connectivity index (χ3v) is 4.12. The van der Waals surface area contributed by atoms with Gasteiger partial charge in [0.25, 0.3) is 0 Å². The van der Waals surface area contributed by atoms with Crippen molar-refractivity contribution in [3.8, 4) is 0 Å². The first-order valence-corrected chi connectivity index (χ1v) is 6.99. The van der Waals surface area contributed by atoms with Gasteiger partial charge in [-0.1, -0.05) is 25.7 Å². The maximum absolute atomic E-state index is 9.51. The quantitative estimate of drug-likeness (QED) is 0.698. The number of hydrogen-bond acceptors (Lipinski definition) is 3. The first-order chi connectivity index (χ1) is 7.92. The topological polar surface area (TPSA) is 35.5 Å². The molecule has 3 nitrogen and oxygen atoms in total. The molecular weight excluding hydrogens is 200 g/mol. The molecule has 2 fully saturated rings. The van der Waals surface area contributed by atoms with Crippen LogP contribution in [0.5, 0.6) is 0 Å². The standard InChI is InChI=1S/C13H26N2O/c16-11-13-10-14-8-5-9-15(13)12-6-3-1-2-4-7-12/h12-14,16H,1-11H2. The molecule has 0 aromatic carbocycles. The highest BCUT2D eigenvalue weighted by atomic mass is 16.3. The van der Waals surface area contributed by atoms with Gasteiger partial charge in [0.05, 0.1) is 6.61 Å². The van der Waals surface area contributed by atoms with Gasteiger partial charge in [-0.2, -0.15) is 0 Å². The summed E-state index contributed by atoms with van der Waals surface area (Å²) in [5.74, 6) is 0. The van der Waals surface area contributed by atoms with E-state index in [4.69, 9.17) is 0 Å². The lowest BCUT2D eigenvalue weighted by Gasteiger charge is -2.35. The van der Waals surface area contributed by atoms with Crippen molar-refractivity contribution in [1.82, 2.24) is 10.2 Å². The second-order valence-corrected chi connectivity index (χ2v) is 5.28. The lowest BCUT2D eigenvalue weighted by Crippen LogP contribution is -2.47. The molecule has 94 valence electrons. The van der Waals surface area contributed by atoms with Crippen molar-refractivity contribution < 1.29 is 5.11 Å². The average Bonchev–Trinajstić information content (AvgIpc) is 2.70. The number of nitrogens with one attached hydrogen (secondary N) is 1. The first-order valence-electron chi connectivity index (χ1n) is 6.99. The summed E-state index contributed by atoms with van der Waals surface area (Å²) >= 11 is 0. The lowest BCUT2D eigenvalue weighted by atomic mass is 10.0. The van der Waals surface area contributed by atoms with Gasteiger partial charge in [0.15, 0.2) is 0 Å². The predicted octanol–water partition coefficient (Wildman–Crippen LogP) is 1.37. The number of aliphatic hydroxyl groups excluding tert-OH is 1. The van der Waals surface area contributed by atoms with E-state index < -0.39 is 0 Å². The molecule has 1 saturated carbocycles. The fourth-order valence-corrected chi connectivity index (χ4v) is 3.19. The van der Waals surface area contributed by atoms with E-state index in [9.17, 15) is 5.11 Å². The van der Waals surface area contributed by atoms with Crippen molar-refractivity contribution in [2.24, 2.45) is 0 Å². The van der Waals surface area contributed by atoms with Crippen molar-refractivity contribution in [2.75, 3.05) is 26.2 Å². The second-order valence-electron chi connectivity index (χ2n) is 5.28. The lowest BCUT2D eigenvalue weighted by molar-refractivity contribution is 0.0836. The van der Waals surface area contributed by atoms with Gasteiger partial charge < -0.3 is 10.4 Å². The minimum absolute atomic E-state index is 0.309. The highest BCUT2D eigenvalue weighted by Gasteiger charge is 2.27. The van der Waals surface area contributed by atoms with Crippen molar-refractivity contribution in [3.63, 3.8) is 0 Å². The van der Waals surface area contributed by atoms with Gasteiger partial charge in [0.1, 0.15) is 0 Å². The van der Waals surface area contributed by atoms with E-state index in [0.717, 1.165) is 19.1 Å². The van der Waals surface area contributed by atoms with Gasteiger partial charge in [-0.15, -0.1) is 0 Å². The van der Waals surface area contributed by atoms with E-state index >= 15 is 0 Å². The Morgan fingerprint density at radius 1 is 1.06 bits per heavy atom. The minimum atomic E-state index is 0.309. The molecule has 1 saturated heterocycles. The Bertz CT molecular complexity index is 190. The summed E-state index contributed by atoms with van der Waals surface area (Å²) in [6.45, 7) is 3.55. The summed E-state index contributed by atoms with van der Waals surface area (Å²) in [5.41, 5.74) is 0. The van der Waals surface area contributed by atoms with Crippen LogP contribution in [0.1, 0.15) is 44.9 Å². The van der Waals surface area contributed by atoms with E-state index in [-0.39, 0.29) is 0 Å². The van der Waals surface area contributed by atoms with Gasteiger partial charge in [-0.25, -0.2) is 0 Å². The largest absolute Gasteiger partial charge is 0.395 e. The third-order valence-electron chi connectivity index (χ3n) is 4.12. The molecule has 0 bridgehead atoms. The molecule has 1 aliphatic heterocycles. The van der Waals surface area contributed by atoms with Crippen LogP contribution in [0.2, 0.25) is 0 Å². The van der Waals surface area contributed by atoms with E-state index in [0.29, 0.717) is 12.6 Å². The van der Waals surface area contributed by atoms with Crippen LogP contribution in [0.3, 0.4) is 0 Å². The van der Waals surface area contributed by atoms with Crippen molar-refractivity contribution >= 4 is 0 Å². The molecule has 0 amide bonds. The third kappa shape index (κ3) is 3.19. The van der Waals surface area contributed by atoms with Gasteiger partial charge in [-0.3, -0.25) is 4.90 Å². The SMILES string of the molecule is OCC1CNCCCN1C1CCCCCC1. The maximum Gasteiger partial charge on any atom is 0.0599 e. The highest BCUT2D eigenvalue weighted by Crippen LogP contribution is 2.24. The Morgan fingerprint density at radius 2 is 1.81 bits per heavy atom. The van der Waals surface area contributed by atoms with E-state index in [1.165, 1.54) is 51.5 Å². The molecule has 1 atom stereocenters. The van der Waals surface area contributed by atoms with Gasteiger partial charge in [0.2, 0.25) is 0 Å². The number of nitrogens with zero attached hydrogens (tertiary/aromatic N) is 1. The summed E-state index contributed by atoms with van der Waals surface area (Å²) in [6.07, 6.45) is 9.50. The fraction of sp³-hybridized carbons (Fsp3) is 1.00. The molecule has 1 unspecified atom stereocenters. The van der Waals surface area contributed by atoms with Crippen LogP contribution >= 0.6 is 0 Å². The summed E-state index contributed by atoms with van der Waals surface area (Å²) in [5, 5.41) is 12.9. The molecule has 2 N–H and O–H groups in total. The number of aliphatic hydroxyl groups is 1. The van der Waals surface area contributed by atoms with Gasteiger partial charge >= 0.3 is 0 Å². The smallest absolute Gasteiger partial charge is 0.0599 e. The Kier molecular flexibility index (Phi) is 5.07. The molecule has 0 aromatic rings. The van der Waals surface area contributed by atoms with E-state index in [1.807, 2.05) is 0 Å². The zero-order valence-electron chi connectivity index (χ0n) is 10.3. The van der Waals surface area contributed by atoms with Crippen LogP contribution in [0.25, 0.3) is 0 Å². The average molecular weight is 226 g/mol. The molecule has 0 spiro atoms. The Morgan fingerprint density at radius 3 is 2.50 bits per heavy atom. The molecule has 0 aromatic heterocycles. The molecule has 2 aliphatic rings. The van der Waals surface area contributed by atoms with Crippen LogP contribution < -0.4 is 5.32 Å². The monoisotopic (exact) mass is 226 g/mol. The highest BCUT2D eigenvalue weighted by molar-refractivity contribution is 4.84. The summed E-state index contributed by atoms with van der Waals surface area (Å²) in [7, 11) is 0. The normalized spacial score (nSPS) is 30.9. The molecule has 16 heavy (non-hydrogen) atoms. The van der Waals surface area contributed by atoms with E-state index in [1.54, 1.807) is 0 Å². The summed E-state index contributed by atoms with van der Waals surface area (Å²) < 4.78 is 0. The summed E-state index contributed by atoms with van der Waals surface area (Å²) in [4.78, 5) is 2.59. The Balaban J connectivity index is 1.96. The Labute approximate surface area is 99.2 Å². The van der Waals surface area contributed by atoms with Crippen LogP contribution in [0.4, 0.5) is 0 Å². The molecule has 0 radical (unpaired) electrons. The van der Waals surface area contributed by atoms with Crippen molar-refractivity contribution in [3.05, 3.63) is 0 Å². The zero-order valence-corrected chi connectivity index (χ0v) is 10.3. The Hall–Kier alpha value is -0.120. The fourth-order valence-electron chi connectivity index (χ4n) is 3.19. The van der Waals surface area contributed by atoms with Crippen LogP contribution in [0, 0.1) is 0 Å². The zero-order chi connectivity index (χ0) is 11.2. The molecule has 1 aliphatic carbocycles. The van der Waals surface area contributed by atoms with Crippen LogP contribution in [-0.2, 0) is 0 Å². The second kappa shape index (κ2) is 6.58. The summed E-state index contributed by atoms with van der Waals surface area (Å²) in [6, 6.07) is 1.09. The van der Waals surface area contributed by atoms with Gasteiger partial charge in [-0.05, 0) is 25.8 Å². The molecular formula is C13H26N2O. The van der Waals surface area contributed by atoms with Crippen molar-refractivity contribution in [2.45, 2.75) is 57.0 Å². The molecule has 1 heterocycles. The molecule has 2 rings (SSSR count). The first kappa shape index (κ1) is 12.3. The molecule has 3 heteroatoms. The maximum atomic E-state index is 9.51. The van der Waals surface area contributed by atoms with Crippen LogP contribution in [0.15, 0.2) is 0 Å². The van der Waals surface area contributed by atoms with Gasteiger partial charge in [0, 0.05) is 25.2 Å². The number of rotatable bonds is 2. The van der Waals surface area contributed by atoms with Crippen molar-refractivity contribution in [1.29, 1.82) is 0 Å². The number of hydrogen-bond donors (Lipinski definition) is 2. The minimum Gasteiger partial charge on any atom is -0.395 e. The predicted molar refractivity (Wildman–Crippen MR) is 66.6 cm³/mol. The van der Waals surface area contributed by atoms with Crippen LogP contribution in [-0.4, -0.2) is 48.3 Å². The van der Waals surface area contributed by atoms with E-state index in [2.05, 4.69) is 10.2 Å².